The minimum atomic E-state index is -7.14. The predicted molar refractivity (Wildman–Crippen MR) is 53.6 cm³/mol. The maximum atomic E-state index is 13.8. The van der Waals surface area contributed by atoms with Crippen LogP contribution >= 0.6 is 0 Å². The van der Waals surface area contributed by atoms with E-state index >= 15 is 0 Å². The Morgan fingerprint density at radius 3 is 1.35 bits per heavy atom. The molecular weight excluding hydrogens is 411 g/mol. The molecule has 0 aromatic heterocycles. The lowest BCUT2D eigenvalue weighted by Gasteiger charge is -2.33. The fourth-order valence-electron chi connectivity index (χ4n) is 1.39. The maximum Gasteiger partial charge on any atom is 0.467 e. The van der Waals surface area contributed by atoms with Crippen molar-refractivity contribution in [2.75, 3.05) is 0 Å². The topological polar surface area (TPSA) is 29.5 Å². The molecule has 0 fully saturated rings. The monoisotopic (exact) mass is 412 g/mol. The van der Waals surface area contributed by atoms with Crippen molar-refractivity contribution < 1.29 is 66.9 Å². The van der Waals surface area contributed by atoms with Crippen LogP contribution in [0.2, 0.25) is 0 Å². The molecule has 0 saturated carbocycles. The maximum absolute atomic E-state index is 13.8. The zero-order chi connectivity index (χ0) is 20.8. The third-order valence-electron chi connectivity index (χ3n) is 2.64. The van der Waals surface area contributed by atoms with E-state index in [4.69, 9.17) is 5.11 Å². The van der Waals surface area contributed by atoms with Crippen LogP contribution in [0.25, 0.3) is 0 Å². The zero-order valence-electron chi connectivity index (χ0n) is 11.3. The van der Waals surface area contributed by atoms with Gasteiger partial charge < -0.3 is 9.84 Å². The Labute approximate surface area is 133 Å². The Kier molecular flexibility index (Phi) is 5.36. The molecule has 0 aliphatic carbocycles. The van der Waals surface area contributed by atoms with E-state index in [0.717, 1.165) is 0 Å². The van der Waals surface area contributed by atoms with Crippen LogP contribution in [-0.4, -0.2) is 23.1 Å². The Morgan fingerprint density at radius 2 is 1.04 bits per heavy atom. The summed E-state index contributed by atoms with van der Waals surface area (Å²) >= 11 is 0. The number of halogens is 13. The highest BCUT2D eigenvalue weighted by Crippen LogP contribution is 2.51. The molecule has 1 rings (SSSR count). The SMILES string of the molecule is OC(F)=C(F)C(F)(F)C(F)(Oc1c(F)c(F)c(F)c(F)c1F)C(F)(F)F. The number of hydrogen-bond donors (Lipinski definition) is 1. The van der Waals surface area contributed by atoms with Crippen molar-refractivity contribution in [1.82, 2.24) is 0 Å². The van der Waals surface area contributed by atoms with Gasteiger partial charge in [-0.05, 0) is 0 Å². The Hall–Kier alpha value is -2.35. The van der Waals surface area contributed by atoms with Crippen LogP contribution in [0.15, 0.2) is 11.8 Å². The molecule has 1 aromatic rings. The number of alkyl halides is 6. The van der Waals surface area contributed by atoms with Crippen LogP contribution in [0.3, 0.4) is 0 Å². The molecule has 1 atom stereocenters. The van der Waals surface area contributed by atoms with E-state index < -0.39 is 64.6 Å². The molecule has 2 nitrogen and oxygen atoms in total. The van der Waals surface area contributed by atoms with Gasteiger partial charge in [0.15, 0.2) is 0 Å². The number of ether oxygens (including phenoxy) is 1. The van der Waals surface area contributed by atoms with Crippen molar-refractivity contribution in [2.45, 2.75) is 18.0 Å². The number of hydrogen-bond acceptors (Lipinski definition) is 2. The molecule has 15 heteroatoms. The first kappa shape index (κ1) is 21.7. The van der Waals surface area contributed by atoms with E-state index in [1.807, 2.05) is 0 Å². The smallest absolute Gasteiger partial charge is 0.467 e. The summed E-state index contributed by atoms with van der Waals surface area (Å²) in [4.78, 5) is 0. The van der Waals surface area contributed by atoms with E-state index in [-0.39, 0.29) is 0 Å². The summed E-state index contributed by atoms with van der Waals surface area (Å²) in [6.07, 6.45) is -7.14. The molecule has 0 radical (unpaired) electrons. The fraction of sp³-hybridized carbons (Fsp3) is 0.273. The van der Waals surface area contributed by atoms with Gasteiger partial charge in [-0.15, -0.1) is 0 Å². The highest BCUT2D eigenvalue weighted by atomic mass is 19.4. The highest BCUT2D eigenvalue weighted by Gasteiger charge is 2.77. The summed E-state index contributed by atoms with van der Waals surface area (Å²) in [5, 5.41) is 7.84. The van der Waals surface area contributed by atoms with Crippen molar-refractivity contribution in [3.05, 3.63) is 40.9 Å². The minimum Gasteiger partial charge on any atom is -0.484 e. The van der Waals surface area contributed by atoms with Gasteiger partial charge in [-0.2, -0.15) is 43.9 Å². The summed E-state index contributed by atoms with van der Waals surface area (Å²) in [5.74, 6) is -36.7. The summed E-state index contributed by atoms with van der Waals surface area (Å²) in [5.41, 5.74) is 0. The molecule has 0 heterocycles. The molecule has 0 aliphatic rings. The van der Waals surface area contributed by atoms with Gasteiger partial charge in [0.25, 0.3) is 0 Å². The Balaban J connectivity index is 3.76. The van der Waals surface area contributed by atoms with Gasteiger partial charge >= 0.3 is 24.0 Å². The van der Waals surface area contributed by atoms with Crippen molar-refractivity contribution >= 4 is 0 Å². The van der Waals surface area contributed by atoms with Gasteiger partial charge in [0.05, 0.1) is 0 Å². The highest BCUT2D eigenvalue weighted by molar-refractivity contribution is 5.31. The normalized spacial score (nSPS) is 16.2. The van der Waals surface area contributed by atoms with Crippen LogP contribution in [0.1, 0.15) is 0 Å². The van der Waals surface area contributed by atoms with E-state index in [9.17, 15) is 57.1 Å². The Bertz CT molecular complexity index is 720. The lowest BCUT2D eigenvalue weighted by atomic mass is 10.1. The van der Waals surface area contributed by atoms with Crippen molar-refractivity contribution in [1.29, 1.82) is 0 Å². The Morgan fingerprint density at radius 1 is 0.692 bits per heavy atom. The van der Waals surface area contributed by atoms with Gasteiger partial charge in [0.2, 0.25) is 40.7 Å². The third kappa shape index (κ3) is 3.09. The average Bonchev–Trinajstić information content (AvgIpc) is 2.52. The molecule has 0 amide bonds. The molecule has 26 heavy (non-hydrogen) atoms. The molecule has 0 aliphatic heterocycles. The molecule has 0 spiro atoms. The third-order valence-corrected chi connectivity index (χ3v) is 2.64. The molecular formula is C11HF13O2. The van der Waals surface area contributed by atoms with E-state index in [1.165, 1.54) is 0 Å². The quantitative estimate of drug-likeness (QED) is 0.315. The van der Waals surface area contributed by atoms with Gasteiger partial charge in [-0.1, -0.05) is 0 Å². The lowest BCUT2D eigenvalue weighted by Crippen LogP contribution is -2.60. The van der Waals surface area contributed by atoms with Gasteiger partial charge in [0.1, 0.15) is 0 Å². The lowest BCUT2D eigenvalue weighted by molar-refractivity contribution is -0.368. The zero-order valence-corrected chi connectivity index (χ0v) is 11.3. The second-order valence-electron chi connectivity index (χ2n) is 4.27. The van der Waals surface area contributed by atoms with E-state index in [2.05, 4.69) is 4.74 Å². The van der Waals surface area contributed by atoms with Crippen LogP contribution in [0.4, 0.5) is 57.1 Å². The summed E-state index contributed by atoms with van der Waals surface area (Å²) in [6.45, 7) is 0. The molecule has 1 N–H and O–H groups in total. The average molecular weight is 412 g/mol. The second kappa shape index (κ2) is 6.42. The first-order chi connectivity index (χ1) is 11.5. The van der Waals surface area contributed by atoms with Crippen LogP contribution in [0.5, 0.6) is 5.75 Å². The van der Waals surface area contributed by atoms with Crippen molar-refractivity contribution in [2.24, 2.45) is 0 Å². The number of rotatable bonds is 4. The van der Waals surface area contributed by atoms with Crippen molar-refractivity contribution in [3.8, 4) is 5.75 Å². The van der Waals surface area contributed by atoms with E-state index in [1.54, 1.807) is 0 Å². The first-order valence-electron chi connectivity index (χ1n) is 5.59. The molecule has 1 aromatic carbocycles. The largest absolute Gasteiger partial charge is 0.484 e. The number of aliphatic hydroxyl groups excluding tert-OH is 1. The fourth-order valence-corrected chi connectivity index (χ4v) is 1.39. The second-order valence-corrected chi connectivity index (χ2v) is 4.27. The standard InChI is InChI=1S/C11HF13O2/c12-1-2(13)4(15)6(5(16)3(1)14)26-10(21,11(22,23)24)9(19,20)7(17)8(18)25/h25H. The van der Waals surface area contributed by atoms with E-state index in [0.29, 0.717) is 0 Å². The number of aliphatic hydroxyl groups is 1. The summed E-state index contributed by atoms with van der Waals surface area (Å²) < 4.78 is 170. The molecule has 148 valence electrons. The first-order valence-corrected chi connectivity index (χ1v) is 5.59. The van der Waals surface area contributed by atoms with Gasteiger partial charge in [-0.25, -0.2) is 13.2 Å². The van der Waals surface area contributed by atoms with Crippen molar-refractivity contribution in [3.63, 3.8) is 0 Å². The summed E-state index contributed by atoms with van der Waals surface area (Å²) in [7, 11) is 0. The minimum absolute atomic E-state index is 2.59. The van der Waals surface area contributed by atoms with Crippen LogP contribution < -0.4 is 4.74 Å². The molecule has 0 bridgehead atoms. The van der Waals surface area contributed by atoms with Gasteiger partial charge in [0, 0.05) is 0 Å². The molecule has 0 saturated heterocycles. The summed E-state index contributed by atoms with van der Waals surface area (Å²) in [6, 6.07) is -3.68. The van der Waals surface area contributed by atoms with Crippen LogP contribution in [0, 0.1) is 29.1 Å². The van der Waals surface area contributed by atoms with Crippen LogP contribution in [-0.2, 0) is 0 Å². The van der Waals surface area contributed by atoms with Gasteiger partial charge in [-0.3, -0.25) is 0 Å². The number of benzene rings is 1. The molecule has 1 unspecified atom stereocenters. The predicted octanol–water partition coefficient (Wildman–Crippen LogP) is 5.29.